The maximum atomic E-state index is 12.5. The predicted octanol–water partition coefficient (Wildman–Crippen LogP) is 3.83. The van der Waals surface area contributed by atoms with E-state index in [1.165, 1.54) is 12.8 Å². The Morgan fingerprint density at radius 2 is 1.93 bits per heavy atom. The minimum atomic E-state index is -0.0232. The molecule has 156 valence electrons. The SMILES string of the molecule is CCO[C@H]1CC[C@](C)(N2CCC(n3c(=O)[nH]c4cc(C)cnc43)CC2)CC1.Cl. The highest BCUT2D eigenvalue weighted by atomic mass is 35.5. The maximum Gasteiger partial charge on any atom is 0.327 e. The van der Waals surface area contributed by atoms with Gasteiger partial charge in [-0.1, -0.05) is 0 Å². The molecule has 0 radical (unpaired) electrons. The summed E-state index contributed by atoms with van der Waals surface area (Å²) >= 11 is 0. The van der Waals surface area contributed by atoms with Crippen LogP contribution >= 0.6 is 12.4 Å². The molecule has 0 spiro atoms. The van der Waals surface area contributed by atoms with E-state index in [2.05, 4.69) is 28.7 Å². The number of aryl methyl sites for hydroxylation is 1. The van der Waals surface area contributed by atoms with E-state index in [-0.39, 0.29) is 29.7 Å². The minimum Gasteiger partial charge on any atom is -0.379 e. The molecule has 7 heteroatoms. The van der Waals surface area contributed by atoms with Crippen molar-refractivity contribution in [1.29, 1.82) is 0 Å². The molecule has 4 rings (SSSR count). The number of aromatic nitrogens is 3. The number of hydrogen-bond donors (Lipinski definition) is 1. The molecule has 0 amide bonds. The van der Waals surface area contributed by atoms with Crippen LogP contribution in [0.2, 0.25) is 0 Å². The standard InChI is InChI=1S/C21H32N4O2.ClH/c1-4-27-17-5-9-21(3,10-6-17)24-11-7-16(8-12-24)25-19-18(23-20(25)26)13-15(2)14-22-19;/h13-14,16-17H,4-12H2,1-3H3,(H,23,26);1H/t17-,21-;. The first-order chi connectivity index (χ1) is 13.0. The molecule has 2 aliphatic rings. The van der Waals surface area contributed by atoms with Gasteiger partial charge in [-0.25, -0.2) is 9.78 Å². The highest BCUT2D eigenvalue weighted by Crippen LogP contribution is 2.37. The summed E-state index contributed by atoms with van der Waals surface area (Å²) in [7, 11) is 0. The fraction of sp³-hybridized carbons (Fsp3) is 0.714. The number of likely N-dealkylation sites (tertiary alicyclic amines) is 1. The molecule has 28 heavy (non-hydrogen) atoms. The molecule has 2 fully saturated rings. The quantitative estimate of drug-likeness (QED) is 0.835. The van der Waals surface area contributed by atoms with Gasteiger partial charge in [-0.3, -0.25) is 9.47 Å². The van der Waals surface area contributed by atoms with Crippen LogP contribution < -0.4 is 5.69 Å². The van der Waals surface area contributed by atoms with E-state index in [1.54, 1.807) is 0 Å². The lowest BCUT2D eigenvalue weighted by Gasteiger charge is -2.48. The van der Waals surface area contributed by atoms with Gasteiger partial charge in [0.2, 0.25) is 0 Å². The van der Waals surface area contributed by atoms with Crippen molar-refractivity contribution in [3.05, 3.63) is 28.3 Å². The van der Waals surface area contributed by atoms with Crippen molar-refractivity contribution in [2.75, 3.05) is 19.7 Å². The van der Waals surface area contributed by atoms with E-state index in [9.17, 15) is 4.79 Å². The number of ether oxygens (including phenoxy) is 1. The number of fused-ring (bicyclic) bond motifs is 1. The van der Waals surface area contributed by atoms with Gasteiger partial charge in [0, 0.05) is 37.5 Å². The number of rotatable bonds is 4. The van der Waals surface area contributed by atoms with E-state index in [0.29, 0.717) is 6.10 Å². The van der Waals surface area contributed by atoms with Crippen molar-refractivity contribution in [3.8, 4) is 0 Å². The molecular formula is C21H33ClN4O2. The zero-order chi connectivity index (χ0) is 19.0. The summed E-state index contributed by atoms with van der Waals surface area (Å²) in [5.41, 5.74) is 2.97. The molecule has 3 heterocycles. The van der Waals surface area contributed by atoms with Crippen molar-refractivity contribution in [1.82, 2.24) is 19.4 Å². The van der Waals surface area contributed by atoms with Crippen molar-refractivity contribution in [2.45, 2.75) is 77.0 Å². The number of piperidine rings is 1. The molecule has 1 aliphatic heterocycles. The van der Waals surface area contributed by atoms with Crippen LogP contribution in [-0.2, 0) is 4.74 Å². The van der Waals surface area contributed by atoms with Gasteiger partial charge in [0.1, 0.15) is 0 Å². The van der Waals surface area contributed by atoms with E-state index < -0.39 is 0 Å². The first-order valence-corrected chi connectivity index (χ1v) is 10.4. The third-order valence-corrected chi connectivity index (χ3v) is 6.70. The molecule has 1 saturated carbocycles. The molecule has 2 aromatic rings. The highest BCUT2D eigenvalue weighted by molar-refractivity contribution is 5.85. The van der Waals surface area contributed by atoms with Crippen LogP contribution in [0.3, 0.4) is 0 Å². The molecule has 2 aromatic heterocycles. The third-order valence-electron chi connectivity index (χ3n) is 6.70. The first kappa shape index (κ1) is 21.3. The lowest BCUT2D eigenvalue weighted by atomic mass is 9.79. The number of halogens is 1. The zero-order valence-electron chi connectivity index (χ0n) is 17.2. The van der Waals surface area contributed by atoms with Gasteiger partial charge in [0.25, 0.3) is 0 Å². The van der Waals surface area contributed by atoms with Crippen LogP contribution in [0, 0.1) is 6.92 Å². The zero-order valence-corrected chi connectivity index (χ0v) is 18.1. The van der Waals surface area contributed by atoms with E-state index in [4.69, 9.17) is 4.74 Å². The van der Waals surface area contributed by atoms with E-state index in [1.807, 2.05) is 23.8 Å². The van der Waals surface area contributed by atoms with Crippen molar-refractivity contribution < 1.29 is 4.74 Å². The molecule has 0 bridgehead atoms. The average molecular weight is 409 g/mol. The minimum absolute atomic E-state index is 0. The van der Waals surface area contributed by atoms with Crippen molar-refractivity contribution in [3.63, 3.8) is 0 Å². The molecule has 6 nitrogen and oxygen atoms in total. The summed E-state index contributed by atoms with van der Waals surface area (Å²) in [4.78, 5) is 22.7. The van der Waals surface area contributed by atoms with Crippen LogP contribution in [0.5, 0.6) is 0 Å². The summed E-state index contributed by atoms with van der Waals surface area (Å²) in [6.45, 7) is 9.41. The first-order valence-electron chi connectivity index (χ1n) is 10.4. The Balaban J connectivity index is 0.00000225. The van der Waals surface area contributed by atoms with Crippen LogP contribution in [0.1, 0.15) is 64.0 Å². The average Bonchev–Trinajstić information content (AvgIpc) is 2.99. The predicted molar refractivity (Wildman–Crippen MR) is 114 cm³/mol. The molecule has 1 aliphatic carbocycles. The van der Waals surface area contributed by atoms with Gasteiger partial charge in [0.15, 0.2) is 5.65 Å². The highest BCUT2D eigenvalue weighted by Gasteiger charge is 2.38. The second-order valence-electron chi connectivity index (χ2n) is 8.55. The maximum absolute atomic E-state index is 12.5. The fourth-order valence-electron chi connectivity index (χ4n) is 5.05. The summed E-state index contributed by atoms with van der Waals surface area (Å²) in [5.74, 6) is 0. The number of nitrogens with one attached hydrogen (secondary N) is 1. The van der Waals surface area contributed by atoms with Gasteiger partial charge in [-0.15, -0.1) is 12.4 Å². The summed E-state index contributed by atoms with van der Waals surface area (Å²) in [5, 5.41) is 0. The lowest BCUT2D eigenvalue weighted by Crippen LogP contribution is -2.53. The Kier molecular flexibility index (Phi) is 6.52. The van der Waals surface area contributed by atoms with Crippen LogP contribution in [0.25, 0.3) is 11.2 Å². The third kappa shape index (κ3) is 4.00. The molecule has 1 saturated heterocycles. The molecular weight excluding hydrogens is 376 g/mol. The number of aromatic amines is 1. The number of pyridine rings is 1. The van der Waals surface area contributed by atoms with Gasteiger partial charge in [-0.2, -0.15) is 0 Å². The Morgan fingerprint density at radius 1 is 1.25 bits per heavy atom. The summed E-state index contributed by atoms with van der Waals surface area (Å²) in [6, 6.07) is 2.24. The second-order valence-corrected chi connectivity index (χ2v) is 8.55. The van der Waals surface area contributed by atoms with Gasteiger partial charge >= 0.3 is 5.69 Å². The molecule has 0 aromatic carbocycles. The topological polar surface area (TPSA) is 63.1 Å². The number of nitrogens with zero attached hydrogens (tertiary/aromatic N) is 3. The van der Waals surface area contributed by atoms with Crippen molar-refractivity contribution >= 4 is 23.6 Å². The largest absolute Gasteiger partial charge is 0.379 e. The van der Waals surface area contributed by atoms with Gasteiger partial charge < -0.3 is 9.72 Å². The number of imidazole rings is 1. The van der Waals surface area contributed by atoms with E-state index >= 15 is 0 Å². The Labute approximate surface area is 173 Å². The molecule has 0 unspecified atom stereocenters. The Bertz CT molecular complexity index is 846. The van der Waals surface area contributed by atoms with Crippen molar-refractivity contribution in [2.24, 2.45) is 0 Å². The monoisotopic (exact) mass is 408 g/mol. The molecule has 0 atom stereocenters. The normalized spacial score (nSPS) is 27.0. The van der Waals surface area contributed by atoms with Gasteiger partial charge in [0.05, 0.1) is 11.6 Å². The van der Waals surface area contributed by atoms with Crippen LogP contribution in [0.15, 0.2) is 17.1 Å². The Morgan fingerprint density at radius 3 is 2.57 bits per heavy atom. The second kappa shape index (κ2) is 8.56. The number of H-pyrrole nitrogens is 1. The smallest absolute Gasteiger partial charge is 0.327 e. The van der Waals surface area contributed by atoms with Crippen LogP contribution in [-0.4, -0.2) is 50.8 Å². The van der Waals surface area contributed by atoms with Crippen LogP contribution in [0.4, 0.5) is 0 Å². The van der Waals surface area contributed by atoms with E-state index in [0.717, 1.165) is 62.1 Å². The lowest BCUT2D eigenvalue weighted by molar-refractivity contribution is -0.0273. The number of hydrogen-bond acceptors (Lipinski definition) is 4. The van der Waals surface area contributed by atoms with Gasteiger partial charge in [-0.05, 0) is 70.9 Å². The fourth-order valence-corrected chi connectivity index (χ4v) is 5.05. The summed E-state index contributed by atoms with van der Waals surface area (Å²) in [6.07, 6.45) is 9.04. The Hall–Kier alpha value is -1.37. The summed E-state index contributed by atoms with van der Waals surface area (Å²) < 4.78 is 7.71. The molecule has 1 N–H and O–H groups in total.